The van der Waals surface area contributed by atoms with E-state index in [0.717, 1.165) is 12.1 Å². The molecule has 2 aromatic heterocycles. The number of rotatable bonds is 3. The van der Waals surface area contributed by atoms with Crippen LogP contribution < -0.4 is 0 Å². The molecule has 0 radical (unpaired) electrons. The molecular weight excluding hydrogens is 517 g/mol. The van der Waals surface area contributed by atoms with E-state index >= 15 is 0 Å². The maximum atomic E-state index is 13.4. The van der Waals surface area contributed by atoms with Crippen LogP contribution in [0.3, 0.4) is 0 Å². The molecule has 0 amide bonds. The van der Waals surface area contributed by atoms with Crippen LogP contribution in [0.5, 0.6) is 0 Å². The van der Waals surface area contributed by atoms with Gasteiger partial charge in [-0.15, -0.1) is 0 Å². The highest BCUT2D eigenvalue weighted by Crippen LogP contribution is 2.41. The van der Waals surface area contributed by atoms with Gasteiger partial charge in [-0.05, 0) is 48.0 Å². The number of alkyl halides is 3. The van der Waals surface area contributed by atoms with Gasteiger partial charge in [-0.2, -0.15) is 28.7 Å². The number of hydrogen-bond acceptors (Lipinski definition) is 5. The zero-order chi connectivity index (χ0) is 28.0. The van der Waals surface area contributed by atoms with Gasteiger partial charge in [0.05, 0.1) is 11.3 Å². The lowest BCUT2D eigenvalue weighted by Crippen LogP contribution is -2.04. The van der Waals surface area contributed by atoms with Crippen LogP contribution in [0.4, 0.5) is 13.2 Å². The SMILES string of the molecule is N#CC(C#N)=C1/C(=C/c2cc3oc(-c4ccc(C(F)(F)F)cc4)nc3n2-c2ccccc2)C(=O)c2ccccc21. The zero-order valence-electron chi connectivity index (χ0n) is 20.4. The Hall–Kier alpha value is -5.67. The van der Waals surface area contributed by atoms with E-state index in [1.54, 1.807) is 41.0 Å². The lowest BCUT2D eigenvalue weighted by atomic mass is 9.99. The zero-order valence-corrected chi connectivity index (χ0v) is 20.4. The van der Waals surface area contributed by atoms with Crippen molar-refractivity contribution in [2.45, 2.75) is 6.18 Å². The van der Waals surface area contributed by atoms with E-state index < -0.39 is 11.7 Å². The summed E-state index contributed by atoms with van der Waals surface area (Å²) >= 11 is 0. The second-order valence-corrected chi connectivity index (χ2v) is 8.93. The number of carbonyl (C=O) groups excluding carboxylic acids is 1. The number of allylic oxidation sites excluding steroid dienone is 3. The highest BCUT2D eigenvalue weighted by atomic mass is 19.4. The summed E-state index contributed by atoms with van der Waals surface area (Å²) in [6, 6.07) is 25.9. The molecule has 0 atom stereocenters. The fourth-order valence-electron chi connectivity index (χ4n) is 4.77. The standard InChI is InChI=1S/C31H15F3N4O2/c32-31(33,34)20-12-10-18(11-13-20)30-37-29-26(40-30)15-22(38(29)21-6-2-1-3-7-21)14-25-27(19(16-35)17-36)23-8-4-5-9-24(23)28(25)39/h1-15H/b25-14-. The van der Waals surface area contributed by atoms with E-state index in [-0.39, 0.29) is 28.4 Å². The number of aromatic nitrogens is 2. The Kier molecular flexibility index (Phi) is 5.71. The molecule has 6 nitrogen and oxygen atoms in total. The first kappa shape index (κ1) is 24.7. The molecule has 5 aromatic rings. The number of nitriles is 2. The first-order valence-electron chi connectivity index (χ1n) is 12.0. The summed E-state index contributed by atoms with van der Waals surface area (Å²) in [6.45, 7) is 0. The van der Waals surface area contributed by atoms with Crippen molar-refractivity contribution in [2.24, 2.45) is 0 Å². The Morgan fingerprint density at radius 2 is 1.55 bits per heavy atom. The van der Waals surface area contributed by atoms with E-state index in [2.05, 4.69) is 4.98 Å². The topological polar surface area (TPSA) is 95.6 Å². The maximum Gasteiger partial charge on any atom is 0.416 e. The van der Waals surface area contributed by atoms with Gasteiger partial charge in [0.2, 0.25) is 5.89 Å². The summed E-state index contributed by atoms with van der Waals surface area (Å²) in [4.78, 5) is 18.0. The molecule has 1 aliphatic rings. The molecule has 9 heteroatoms. The van der Waals surface area contributed by atoms with Gasteiger partial charge < -0.3 is 4.42 Å². The Morgan fingerprint density at radius 3 is 2.20 bits per heavy atom. The summed E-state index contributed by atoms with van der Waals surface area (Å²) in [7, 11) is 0. The van der Waals surface area contributed by atoms with Crippen molar-refractivity contribution in [2.75, 3.05) is 0 Å². The highest BCUT2D eigenvalue weighted by Gasteiger charge is 2.33. The van der Waals surface area contributed by atoms with Crippen LogP contribution in [0.25, 0.3) is 40.0 Å². The molecule has 0 unspecified atom stereocenters. The molecule has 0 bridgehead atoms. The second-order valence-electron chi connectivity index (χ2n) is 8.93. The van der Waals surface area contributed by atoms with Crippen molar-refractivity contribution >= 4 is 28.7 Å². The van der Waals surface area contributed by atoms with Crippen LogP contribution in [0.2, 0.25) is 0 Å². The predicted molar refractivity (Wildman–Crippen MR) is 141 cm³/mol. The van der Waals surface area contributed by atoms with E-state index in [4.69, 9.17) is 4.42 Å². The normalized spacial score (nSPS) is 13.9. The van der Waals surface area contributed by atoms with E-state index in [9.17, 15) is 28.5 Å². The average Bonchev–Trinajstić information content (AvgIpc) is 3.60. The summed E-state index contributed by atoms with van der Waals surface area (Å²) in [5.74, 6) is -0.201. The number of halogens is 3. The van der Waals surface area contributed by atoms with Crippen molar-refractivity contribution in [3.63, 3.8) is 0 Å². The molecule has 0 N–H and O–H groups in total. The van der Waals surface area contributed by atoms with Crippen molar-refractivity contribution in [3.05, 3.63) is 118 Å². The molecule has 1 aliphatic carbocycles. The number of nitrogens with zero attached hydrogens (tertiary/aromatic N) is 4. The van der Waals surface area contributed by atoms with Gasteiger partial charge in [0.1, 0.15) is 17.7 Å². The number of para-hydroxylation sites is 1. The lowest BCUT2D eigenvalue weighted by molar-refractivity contribution is -0.137. The van der Waals surface area contributed by atoms with Crippen molar-refractivity contribution in [3.8, 4) is 29.3 Å². The van der Waals surface area contributed by atoms with Crippen LogP contribution in [-0.4, -0.2) is 15.3 Å². The van der Waals surface area contributed by atoms with E-state index in [0.29, 0.717) is 39.3 Å². The number of benzene rings is 3. The number of hydrogen-bond donors (Lipinski definition) is 0. The molecule has 0 aliphatic heterocycles. The summed E-state index contributed by atoms with van der Waals surface area (Å²) in [5, 5.41) is 19.3. The van der Waals surface area contributed by atoms with Gasteiger partial charge in [0, 0.05) is 34.0 Å². The molecule has 40 heavy (non-hydrogen) atoms. The molecule has 0 saturated heterocycles. The fourth-order valence-corrected chi connectivity index (χ4v) is 4.77. The van der Waals surface area contributed by atoms with Gasteiger partial charge in [-0.1, -0.05) is 42.5 Å². The Balaban J connectivity index is 1.55. The Bertz CT molecular complexity index is 1950. The molecule has 2 heterocycles. The third-order valence-corrected chi connectivity index (χ3v) is 6.58. The van der Waals surface area contributed by atoms with Crippen LogP contribution >= 0.6 is 0 Å². The van der Waals surface area contributed by atoms with Gasteiger partial charge in [-0.3, -0.25) is 9.36 Å². The largest absolute Gasteiger partial charge is 0.434 e. The van der Waals surface area contributed by atoms with Crippen LogP contribution in [0, 0.1) is 22.7 Å². The smallest absolute Gasteiger partial charge is 0.416 e. The summed E-state index contributed by atoms with van der Waals surface area (Å²) < 4.78 is 46.7. The number of carbonyl (C=O) groups is 1. The first-order chi connectivity index (χ1) is 19.3. The molecule has 3 aromatic carbocycles. The number of Topliss-reactive ketones (excluding diaryl/α,β-unsaturated/α-hetero) is 1. The highest BCUT2D eigenvalue weighted by molar-refractivity contribution is 6.29. The van der Waals surface area contributed by atoms with Crippen LogP contribution in [0.15, 0.2) is 100 Å². The van der Waals surface area contributed by atoms with Crippen molar-refractivity contribution in [1.29, 1.82) is 10.5 Å². The molecule has 6 rings (SSSR count). The van der Waals surface area contributed by atoms with Gasteiger partial charge in [0.15, 0.2) is 17.0 Å². The fraction of sp³-hybridized carbons (Fsp3) is 0.0323. The first-order valence-corrected chi connectivity index (χ1v) is 12.0. The number of fused-ring (bicyclic) bond motifs is 2. The number of oxazole rings is 1. The van der Waals surface area contributed by atoms with Gasteiger partial charge in [0.25, 0.3) is 0 Å². The number of ketones is 1. The maximum absolute atomic E-state index is 13.4. The molecule has 0 fully saturated rings. The van der Waals surface area contributed by atoms with E-state index in [1.807, 2.05) is 42.5 Å². The van der Waals surface area contributed by atoms with Gasteiger partial charge >= 0.3 is 6.18 Å². The molecule has 0 saturated carbocycles. The second kappa shape index (κ2) is 9.26. The molecular formula is C31H15F3N4O2. The average molecular weight is 532 g/mol. The van der Waals surface area contributed by atoms with Crippen molar-refractivity contribution in [1.82, 2.24) is 9.55 Å². The third kappa shape index (κ3) is 3.98. The Morgan fingerprint density at radius 1 is 0.900 bits per heavy atom. The molecule has 192 valence electrons. The summed E-state index contributed by atoms with van der Waals surface area (Å²) in [6.07, 6.45) is -2.87. The minimum atomic E-state index is -4.46. The van der Waals surface area contributed by atoms with Gasteiger partial charge in [-0.25, -0.2) is 0 Å². The van der Waals surface area contributed by atoms with Crippen molar-refractivity contribution < 1.29 is 22.4 Å². The monoisotopic (exact) mass is 532 g/mol. The minimum absolute atomic E-state index is 0.129. The Labute approximate surface area is 225 Å². The van der Waals surface area contributed by atoms with Crippen LogP contribution in [0.1, 0.15) is 27.2 Å². The minimum Gasteiger partial charge on any atom is -0.434 e. The quantitative estimate of drug-likeness (QED) is 0.178. The molecule has 0 spiro atoms. The predicted octanol–water partition coefficient (Wildman–Crippen LogP) is 7.38. The lowest BCUT2D eigenvalue weighted by Gasteiger charge is -2.08. The summed E-state index contributed by atoms with van der Waals surface area (Å²) in [5.41, 5.74) is 2.61. The van der Waals surface area contributed by atoms with Crippen LogP contribution in [-0.2, 0) is 6.18 Å². The van der Waals surface area contributed by atoms with E-state index in [1.165, 1.54) is 12.1 Å². The third-order valence-electron chi connectivity index (χ3n) is 6.58.